The second-order valence-electron chi connectivity index (χ2n) is 15.3. The second-order valence-corrected chi connectivity index (χ2v) is 15.3. The summed E-state index contributed by atoms with van der Waals surface area (Å²) < 4.78 is 38.5. The summed E-state index contributed by atoms with van der Waals surface area (Å²) in [6, 6.07) is 8.23. The van der Waals surface area contributed by atoms with Crippen LogP contribution in [0.15, 0.2) is 73.4 Å². The van der Waals surface area contributed by atoms with Crippen LogP contribution in [0.4, 0.5) is 4.79 Å². The minimum absolute atomic E-state index is 0.0512. The number of rotatable bonds is 9. The molecule has 11 atom stereocenters. The number of likely N-dealkylation sites (N-methyl/N-ethyl adjacent to an activating group) is 1. The molecule has 2 aliphatic heterocycles. The fourth-order valence-corrected chi connectivity index (χ4v) is 7.67. The summed E-state index contributed by atoms with van der Waals surface area (Å²) in [5.41, 5.74) is -2.60. The number of cyclic esters (lactones) is 1. The van der Waals surface area contributed by atoms with Crippen LogP contribution in [0, 0.1) is 17.8 Å². The lowest BCUT2D eigenvalue weighted by molar-refractivity contribution is -0.294. The van der Waals surface area contributed by atoms with Crippen molar-refractivity contribution in [2.75, 3.05) is 21.2 Å². The molecule has 56 heavy (non-hydrogen) atoms. The van der Waals surface area contributed by atoms with Gasteiger partial charge in [0.25, 0.3) is 0 Å². The van der Waals surface area contributed by atoms with Gasteiger partial charge in [0.2, 0.25) is 0 Å². The van der Waals surface area contributed by atoms with Crippen LogP contribution < -0.4 is 0 Å². The molecule has 1 fully saturated rings. The van der Waals surface area contributed by atoms with E-state index in [2.05, 4.69) is 11.6 Å². The van der Waals surface area contributed by atoms with E-state index < -0.39 is 77.4 Å². The fraction of sp³-hybridized carbons (Fsp3) is 0.571. The summed E-state index contributed by atoms with van der Waals surface area (Å²) in [6.07, 6.45) is 1.86. The Morgan fingerprint density at radius 2 is 1.79 bits per heavy atom. The lowest BCUT2D eigenvalue weighted by Crippen LogP contribution is -2.60. The number of hydrogen-bond donors (Lipinski definition) is 0. The largest absolute Gasteiger partial charge is 0.457 e. The van der Waals surface area contributed by atoms with Crippen molar-refractivity contribution in [3.63, 3.8) is 0 Å². The molecule has 0 radical (unpaired) electrons. The van der Waals surface area contributed by atoms with Crippen molar-refractivity contribution in [3.8, 4) is 0 Å². The van der Waals surface area contributed by atoms with E-state index in [0.29, 0.717) is 12.0 Å². The Bertz CT molecular complexity index is 1740. The zero-order valence-electron chi connectivity index (χ0n) is 34.1. The highest BCUT2D eigenvalue weighted by Crippen LogP contribution is 2.38. The molecular formula is C42H57N3O11. The van der Waals surface area contributed by atoms with Crippen LogP contribution in [-0.4, -0.2) is 113 Å². The first-order chi connectivity index (χ1) is 26.4. The van der Waals surface area contributed by atoms with Gasteiger partial charge in [-0.3, -0.25) is 14.4 Å². The fourth-order valence-electron chi connectivity index (χ4n) is 7.67. The highest BCUT2D eigenvalue weighted by atomic mass is 16.7. The van der Waals surface area contributed by atoms with Gasteiger partial charge in [0.05, 0.1) is 29.4 Å². The first-order valence-corrected chi connectivity index (χ1v) is 19.0. The summed E-state index contributed by atoms with van der Waals surface area (Å²) in [5, 5.41) is 0. The average molecular weight is 780 g/mol. The van der Waals surface area contributed by atoms with Crippen molar-refractivity contribution in [2.45, 2.75) is 116 Å². The molecule has 0 saturated carbocycles. The molecule has 14 nitrogen and oxygen atoms in total. The highest BCUT2D eigenvalue weighted by Gasteiger charge is 2.51. The molecule has 4 rings (SSSR count). The van der Waals surface area contributed by atoms with Gasteiger partial charge >= 0.3 is 18.0 Å². The second kappa shape index (κ2) is 18.6. The number of methoxy groups -OCH3 is 1. The lowest BCUT2D eigenvalue weighted by Gasteiger charge is -2.47. The van der Waals surface area contributed by atoms with Gasteiger partial charge in [-0.2, -0.15) is 0 Å². The number of hydrogen-bond acceptors (Lipinski definition) is 13. The van der Waals surface area contributed by atoms with E-state index in [-0.39, 0.29) is 36.3 Å². The van der Waals surface area contributed by atoms with E-state index in [9.17, 15) is 24.0 Å². The van der Waals surface area contributed by atoms with Crippen LogP contribution in [0.1, 0.15) is 78.1 Å². The maximum Gasteiger partial charge on any atom is 0.420 e. The molecule has 14 heteroatoms. The smallest absolute Gasteiger partial charge is 0.420 e. The van der Waals surface area contributed by atoms with Gasteiger partial charge in [0, 0.05) is 31.3 Å². The quantitative estimate of drug-likeness (QED) is 0.134. The third kappa shape index (κ3) is 9.71. The molecule has 2 aromatic rings. The van der Waals surface area contributed by atoms with Gasteiger partial charge < -0.3 is 33.3 Å². The Morgan fingerprint density at radius 3 is 2.36 bits per heavy atom. The maximum atomic E-state index is 14.5. The van der Waals surface area contributed by atoms with Crippen LogP contribution in [0.2, 0.25) is 0 Å². The number of aromatic nitrogens is 2. The van der Waals surface area contributed by atoms with Crippen LogP contribution in [0.5, 0.6) is 0 Å². The Kier molecular flexibility index (Phi) is 14.7. The molecule has 1 saturated heterocycles. The van der Waals surface area contributed by atoms with Crippen molar-refractivity contribution in [3.05, 3.63) is 78.9 Å². The first kappa shape index (κ1) is 44.2. The van der Waals surface area contributed by atoms with Gasteiger partial charge in [0.15, 0.2) is 29.6 Å². The monoisotopic (exact) mass is 779 g/mol. The lowest BCUT2D eigenvalue weighted by atomic mass is 9.76. The zero-order chi connectivity index (χ0) is 41.5. The van der Waals surface area contributed by atoms with E-state index >= 15 is 0 Å². The minimum Gasteiger partial charge on any atom is -0.457 e. The molecule has 0 spiro atoms. The number of ketones is 2. The number of imidazole rings is 1. The van der Waals surface area contributed by atoms with Gasteiger partial charge in [-0.15, -0.1) is 0 Å². The molecule has 306 valence electrons. The van der Waals surface area contributed by atoms with Crippen LogP contribution in [0.25, 0.3) is 0 Å². The summed E-state index contributed by atoms with van der Waals surface area (Å²) in [7, 11) is 5.20. The Morgan fingerprint density at radius 1 is 1.11 bits per heavy atom. The van der Waals surface area contributed by atoms with E-state index in [4.69, 9.17) is 28.4 Å². The zero-order valence-corrected chi connectivity index (χ0v) is 34.1. The predicted octanol–water partition coefficient (Wildman–Crippen LogP) is 5.59. The van der Waals surface area contributed by atoms with Crippen molar-refractivity contribution in [1.29, 1.82) is 0 Å². The molecular weight excluding hydrogens is 722 g/mol. The topological polar surface area (TPSA) is 162 Å². The molecule has 0 bridgehead atoms. The van der Waals surface area contributed by atoms with Crippen molar-refractivity contribution in [2.24, 2.45) is 17.8 Å². The maximum absolute atomic E-state index is 14.5. The molecule has 2 aliphatic rings. The highest BCUT2D eigenvalue weighted by molar-refractivity contribution is 6.00. The number of Topliss-reactive ketones (excluding diaryl/α,β-unsaturated/α-hetero) is 2. The number of esters is 2. The van der Waals surface area contributed by atoms with Crippen molar-refractivity contribution >= 4 is 29.6 Å². The molecule has 1 aromatic heterocycles. The molecule has 1 aromatic carbocycles. The number of carbonyl (C=O) groups excluding carboxylic acids is 5. The number of benzene rings is 1. The van der Waals surface area contributed by atoms with Crippen LogP contribution in [-0.2, 0) is 42.8 Å². The Hall–Kier alpha value is -4.50. The van der Waals surface area contributed by atoms with Crippen LogP contribution >= 0.6 is 0 Å². The van der Waals surface area contributed by atoms with Gasteiger partial charge in [-0.05, 0) is 90.9 Å². The Labute approximate surface area is 329 Å². The summed E-state index contributed by atoms with van der Waals surface area (Å²) in [5.74, 6) is -5.42. The van der Waals surface area contributed by atoms with Gasteiger partial charge in [0.1, 0.15) is 18.3 Å². The van der Waals surface area contributed by atoms with E-state index in [0.717, 1.165) is 4.57 Å². The molecule has 0 aliphatic carbocycles. The average Bonchev–Trinajstić information content (AvgIpc) is 3.73. The molecule has 0 amide bonds. The van der Waals surface area contributed by atoms with Crippen molar-refractivity contribution < 1.29 is 52.4 Å². The first-order valence-electron chi connectivity index (χ1n) is 19.0. The summed E-state index contributed by atoms with van der Waals surface area (Å²) in [4.78, 5) is 75.2. The van der Waals surface area contributed by atoms with Gasteiger partial charge in [-0.1, -0.05) is 45.5 Å². The third-order valence-corrected chi connectivity index (χ3v) is 11.0. The predicted molar refractivity (Wildman–Crippen MR) is 205 cm³/mol. The molecule has 3 heterocycles. The number of ether oxygens (including phenoxy) is 6. The van der Waals surface area contributed by atoms with E-state index in [1.54, 1.807) is 65.0 Å². The van der Waals surface area contributed by atoms with Crippen LogP contribution in [0.3, 0.4) is 0 Å². The number of carbonyl (C=O) groups is 5. The summed E-state index contributed by atoms with van der Waals surface area (Å²) >= 11 is 0. The number of allylic oxidation sites excluding steroid dienone is 1. The molecule has 1 unspecified atom stereocenters. The molecule has 0 N–H and O–H groups in total. The van der Waals surface area contributed by atoms with Gasteiger partial charge in [-0.25, -0.2) is 19.1 Å². The minimum atomic E-state index is -1.80. The Balaban J connectivity index is 1.80. The number of nitrogens with zero attached hydrogens (tertiary/aromatic N) is 3. The SMILES string of the molecule is C=C[C@]1(OC(=O)n2ccnc2)/C=C(\C)C(=O)[C@H](C)C[C@](C)(OC)[C@H](O[C@@H]2O[C@H](C)C[C@H](N(C)C)[C@H]2OC(=O)c2ccccc2)[C@@H](C)C(=O)[C@@H](C)C(=O)OC1CC. The van der Waals surface area contributed by atoms with Crippen molar-refractivity contribution in [1.82, 2.24) is 14.5 Å². The summed E-state index contributed by atoms with van der Waals surface area (Å²) in [6.45, 7) is 15.6. The van der Waals surface area contributed by atoms with E-state index in [1.807, 2.05) is 25.9 Å². The standard InChI is InChI=1S/C42H57N3O11/c1-12-32-42(13-2,56-40(50)45-20-19-43-24-45)23-26(4)33(46)25(3)22-41(8,51-11)36(28(6)34(47)29(7)37(48)53-32)55-39-35(31(44(9)10)21-27(5)52-39)54-38(49)30-17-15-14-16-18-30/h13-20,23-25,27-29,31-32,35-36,39H,2,12,21-22H2,1,3-11H3/b26-23+/t25-,27-,28+,29-,31+,32?,35-,36-,39+,41+,42+/m1/s1. The van der Waals surface area contributed by atoms with E-state index in [1.165, 1.54) is 44.9 Å². The third-order valence-electron chi connectivity index (χ3n) is 11.0. The normalized spacial score (nSPS) is 34.4.